The van der Waals surface area contributed by atoms with Gasteiger partial charge in [-0.15, -0.1) is 0 Å². The predicted molar refractivity (Wildman–Crippen MR) is 238 cm³/mol. The van der Waals surface area contributed by atoms with E-state index in [1.54, 1.807) is 0 Å². The van der Waals surface area contributed by atoms with Crippen molar-refractivity contribution >= 4 is 17.9 Å². The van der Waals surface area contributed by atoms with E-state index in [2.05, 4.69) is 41.5 Å². The number of ether oxygens (including phenoxy) is 3. The van der Waals surface area contributed by atoms with Crippen LogP contribution in [0.5, 0.6) is 0 Å². The maximum atomic E-state index is 12.8. The molecule has 0 spiro atoms. The average molecular weight is 793 g/mol. The Hall–Kier alpha value is -1.59. The van der Waals surface area contributed by atoms with Gasteiger partial charge in [-0.25, -0.2) is 0 Å². The zero-order valence-electron chi connectivity index (χ0n) is 38.4. The van der Waals surface area contributed by atoms with E-state index in [0.29, 0.717) is 19.3 Å². The lowest BCUT2D eigenvalue weighted by Crippen LogP contribution is -2.30. The van der Waals surface area contributed by atoms with Crippen molar-refractivity contribution in [2.45, 2.75) is 272 Å². The van der Waals surface area contributed by atoms with Crippen LogP contribution in [-0.2, 0) is 28.6 Å². The van der Waals surface area contributed by atoms with Gasteiger partial charge < -0.3 is 14.2 Å². The van der Waals surface area contributed by atoms with Crippen LogP contribution in [-0.4, -0.2) is 37.2 Å². The van der Waals surface area contributed by atoms with Crippen molar-refractivity contribution in [3.63, 3.8) is 0 Å². The molecule has 0 radical (unpaired) electrons. The summed E-state index contributed by atoms with van der Waals surface area (Å²) in [6, 6.07) is 0. The second-order valence-electron chi connectivity index (χ2n) is 18.5. The first kappa shape index (κ1) is 54.4. The van der Waals surface area contributed by atoms with Gasteiger partial charge in [0.1, 0.15) is 13.2 Å². The molecule has 1 atom stereocenters. The number of carbonyl (C=O) groups is 3. The Kier molecular flexibility index (Phi) is 40.4. The second-order valence-corrected chi connectivity index (χ2v) is 18.5. The third kappa shape index (κ3) is 43.5. The predicted octanol–water partition coefficient (Wildman–Crippen LogP) is 15.6. The Morgan fingerprint density at radius 1 is 0.304 bits per heavy atom. The summed E-state index contributed by atoms with van der Waals surface area (Å²) in [6.07, 6.45) is 39.5. The third-order valence-electron chi connectivity index (χ3n) is 11.1. The first-order valence-electron chi connectivity index (χ1n) is 24.6. The van der Waals surface area contributed by atoms with Gasteiger partial charge in [0.25, 0.3) is 0 Å². The zero-order valence-corrected chi connectivity index (χ0v) is 38.4. The van der Waals surface area contributed by atoms with Crippen LogP contribution in [0, 0.1) is 17.8 Å². The topological polar surface area (TPSA) is 78.9 Å². The van der Waals surface area contributed by atoms with E-state index in [0.717, 1.165) is 75.5 Å². The normalized spacial score (nSPS) is 12.2. The van der Waals surface area contributed by atoms with Crippen LogP contribution < -0.4 is 0 Å². The highest BCUT2D eigenvalue weighted by atomic mass is 16.6. The van der Waals surface area contributed by atoms with Crippen molar-refractivity contribution in [2.75, 3.05) is 13.2 Å². The molecular formula is C50H96O6. The van der Waals surface area contributed by atoms with Crippen molar-refractivity contribution in [3.05, 3.63) is 0 Å². The number of esters is 3. The molecule has 0 aromatic carbocycles. The van der Waals surface area contributed by atoms with E-state index in [-0.39, 0.29) is 31.1 Å². The molecule has 0 rings (SSSR count). The van der Waals surface area contributed by atoms with Crippen LogP contribution in [0.4, 0.5) is 0 Å². The lowest BCUT2D eigenvalue weighted by molar-refractivity contribution is -0.167. The van der Waals surface area contributed by atoms with Crippen molar-refractivity contribution in [2.24, 2.45) is 17.8 Å². The van der Waals surface area contributed by atoms with Crippen molar-refractivity contribution < 1.29 is 28.6 Å². The molecule has 0 amide bonds. The summed E-state index contributed by atoms with van der Waals surface area (Å²) in [6.45, 7) is 13.7. The highest BCUT2D eigenvalue weighted by Gasteiger charge is 2.19. The number of unbranched alkanes of at least 4 members (excludes halogenated alkanes) is 26. The molecule has 6 nitrogen and oxygen atoms in total. The molecule has 0 fully saturated rings. The summed E-state index contributed by atoms with van der Waals surface area (Å²) in [5.74, 6) is 1.58. The van der Waals surface area contributed by atoms with Crippen LogP contribution in [0.15, 0.2) is 0 Å². The molecule has 0 aliphatic heterocycles. The largest absolute Gasteiger partial charge is 0.462 e. The number of carbonyl (C=O) groups excluding carboxylic acids is 3. The lowest BCUT2D eigenvalue weighted by atomic mass is 10.0. The van der Waals surface area contributed by atoms with Gasteiger partial charge in [0, 0.05) is 19.3 Å². The number of rotatable bonds is 43. The summed E-state index contributed by atoms with van der Waals surface area (Å²) < 4.78 is 16.8. The molecule has 0 saturated heterocycles. The highest BCUT2D eigenvalue weighted by molar-refractivity contribution is 5.71. The van der Waals surface area contributed by atoms with Crippen LogP contribution in [0.2, 0.25) is 0 Å². The monoisotopic (exact) mass is 793 g/mol. The Labute approximate surface area is 348 Å². The van der Waals surface area contributed by atoms with E-state index < -0.39 is 6.10 Å². The van der Waals surface area contributed by atoms with Gasteiger partial charge in [0.05, 0.1) is 0 Å². The van der Waals surface area contributed by atoms with Gasteiger partial charge >= 0.3 is 17.9 Å². The molecule has 0 saturated carbocycles. The van der Waals surface area contributed by atoms with Gasteiger partial charge in [-0.2, -0.15) is 0 Å². The van der Waals surface area contributed by atoms with Gasteiger partial charge in [-0.1, -0.05) is 228 Å². The van der Waals surface area contributed by atoms with Crippen LogP contribution in [0.25, 0.3) is 0 Å². The maximum Gasteiger partial charge on any atom is 0.306 e. The Balaban J connectivity index is 4.33. The summed E-state index contributed by atoms with van der Waals surface area (Å²) in [5.41, 5.74) is 0. The smallest absolute Gasteiger partial charge is 0.306 e. The number of hydrogen-bond donors (Lipinski definition) is 0. The lowest BCUT2D eigenvalue weighted by Gasteiger charge is -2.18. The molecule has 0 aliphatic rings. The van der Waals surface area contributed by atoms with Crippen molar-refractivity contribution in [3.8, 4) is 0 Å². The van der Waals surface area contributed by atoms with E-state index in [1.807, 2.05) is 0 Å². The minimum atomic E-state index is -0.762. The molecule has 0 N–H and O–H groups in total. The first-order valence-corrected chi connectivity index (χ1v) is 24.6. The van der Waals surface area contributed by atoms with Crippen LogP contribution in [0.3, 0.4) is 0 Å². The highest BCUT2D eigenvalue weighted by Crippen LogP contribution is 2.17. The Morgan fingerprint density at radius 2 is 0.518 bits per heavy atom. The van der Waals surface area contributed by atoms with Gasteiger partial charge in [-0.3, -0.25) is 14.4 Å². The summed E-state index contributed by atoms with van der Waals surface area (Å²) in [5, 5.41) is 0. The minimum Gasteiger partial charge on any atom is -0.462 e. The fourth-order valence-corrected chi connectivity index (χ4v) is 7.41. The van der Waals surface area contributed by atoms with E-state index in [4.69, 9.17) is 14.2 Å². The molecule has 0 aromatic rings. The zero-order chi connectivity index (χ0) is 41.3. The fourth-order valence-electron chi connectivity index (χ4n) is 7.41. The molecular weight excluding hydrogens is 697 g/mol. The van der Waals surface area contributed by atoms with Gasteiger partial charge in [0.15, 0.2) is 6.10 Å². The first-order chi connectivity index (χ1) is 27.1. The van der Waals surface area contributed by atoms with Crippen LogP contribution >= 0.6 is 0 Å². The van der Waals surface area contributed by atoms with E-state index >= 15 is 0 Å². The number of hydrogen-bond acceptors (Lipinski definition) is 6. The Bertz CT molecular complexity index is 868. The van der Waals surface area contributed by atoms with E-state index in [1.165, 1.54) is 148 Å². The molecule has 6 heteroatoms. The summed E-state index contributed by atoms with van der Waals surface area (Å²) >= 11 is 0. The molecule has 0 unspecified atom stereocenters. The summed E-state index contributed by atoms with van der Waals surface area (Å²) in [7, 11) is 0. The Morgan fingerprint density at radius 3 is 0.768 bits per heavy atom. The molecule has 0 bridgehead atoms. The molecule has 0 heterocycles. The quantitative estimate of drug-likeness (QED) is 0.0348. The second kappa shape index (κ2) is 41.6. The maximum absolute atomic E-state index is 12.8. The molecule has 0 aliphatic carbocycles. The van der Waals surface area contributed by atoms with Crippen molar-refractivity contribution in [1.82, 2.24) is 0 Å². The minimum absolute atomic E-state index is 0.0656. The van der Waals surface area contributed by atoms with Gasteiger partial charge in [0.2, 0.25) is 0 Å². The third-order valence-corrected chi connectivity index (χ3v) is 11.1. The standard InChI is InChI=1S/C50H96O6/c1-44(2)36-30-24-18-12-8-7-9-15-23-29-35-41-50(53)56-47(43-55-49(52)40-34-28-22-17-16-20-26-32-38-46(5)6)42-54-48(51)39-33-27-21-14-11-10-13-19-25-31-37-45(3)4/h44-47H,7-43H2,1-6H3/t47-/m1/s1. The summed E-state index contributed by atoms with van der Waals surface area (Å²) in [4.78, 5) is 37.8. The molecule has 56 heavy (non-hydrogen) atoms. The fraction of sp³-hybridized carbons (Fsp3) is 0.940. The van der Waals surface area contributed by atoms with Crippen molar-refractivity contribution in [1.29, 1.82) is 0 Å². The van der Waals surface area contributed by atoms with Crippen LogP contribution in [0.1, 0.15) is 266 Å². The SMILES string of the molecule is CC(C)CCCCCCCCCCCCCC(=O)O[C@H](COC(=O)CCCCCCCCCCCCC(C)C)COC(=O)CCCCCCCCCCC(C)C. The average Bonchev–Trinajstić information content (AvgIpc) is 3.15. The molecule has 0 aromatic heterocycles. The van der Waals surface area contributed by atoms with E-state index in [9.17, 15) is 14.4 Å². The van der Waals surface area contributed by atoms with Gasteiger partial charge in [-0.05, 0) is 37.0 Å². The molecule has 332 valence electrons.